The van der Waals surface area contributed by atoms with Gasteiger partial charge in [0.1, 0.15) is 11.2 Å². The number of rotatable bonds is 7. The molecule has 1 aromatic heterocycles. The second-order valence-electron chi connectivity index (χ2n) is 8.16. The van der Waals surface area contributed by atoms with Gasteiger partial charge >= 0.3 is 0 Å². The van der Waals surface area contributed by atoms with Crippen LogP contribution in [-0.2, 0) is 11.2 Å². The van der Waals surface area contributed by atoms with Crippen molar-refractivity contribution in [1.29, 1.82) is 0 Å². The molecule has 160 valence electrons. The standard InChI is InChI=1S/C26H27NO4/c1-27(2)26(30)13-10-22(28)18-8-11-24-20(15-18)21-16-19(9-12-25(21)31-24)23(29)14-17-6-4-3-5-7-17/h3-9,11-12,15-16,22-23,28-29H,10,13-14H2,1-2H3. The SMILES string of the molecule is CN(C)C(=O)CCC(O)c1ccc2oc3ccc(C(O)Cc4ccccc4)cc3c2c1. The minimum atomic E-state index is -0.731. The van der Waals surface area contributed by atoms with Crippen molar-refractivity contribution in [1.82, 2.24) is 4.90 Å². The van der Waals surface area contributed by atoms with Crippen LogP contribution in [-0.4, -0.2) is 35.1 Å². The highest BCUT2D eigenvalue weighted by molar-refractivity contribution is 6.05. The van der Waals surface area contributed by atoms with Crippen LogP contribution in [0.3, 0.4) is 0 Å². The summed E-state index contributed by atoms with van der Waals surface area (Å²) in [7, 11) is 3.42. The Morgan fingerprint density at radius 1 is 0.871 bits per heavy atom. The number of amides is 1. The number of carbonyl (C=O) groups is 1. The van der Waals surface area contributed by atoms with Crippen molar-refractivity contribution >= 4 is 27.8 Å². The lowest BCUT2D eigenvalue weighted by atomic mass is 9.98. The molecule has 1 heterocycles. The van der Waals surface area contributed by atoms with Crippen molar-refractivity contribution in [3.05, 3.63) is 83.4 Å². The molecule has 0 spiro atoms. The van der Waals surface area contributed by atoms with Crippen molar-refractivity contribution in [3.63, 3.8) is 0 Å². The van der Waals surface area contributed by atoms with Gasteiger partial charge in [0.2, 0.25) is 5.91 Å². The molecule has 0 aliphatic heterocycles. The number of hydrogen-bond donors (Lipinski definition) is 2. The third-order valence-corrected chi connectivity index (χ3v) is 5.69. The van der Waals surface area contributed by atoms with E-state index in [0.717, 1.165) is 38.6 Å². The topological polar surface area (TPSA) is 73.9 Å². The van der Waals surface area contributed by atoms with Crippen LogP contribution in [0.15, 0.2) is 71.1 Å². The van der Waals surface area contributed by atoms with Crippen LogP contribution >= 0.6 is 0 Å². The van der Waals surface area contributed by atoms with Gasteiger partial charge < -0.3 is 19.5 Å². The summed E-state index contributed by atoms with van der Waals surface area (Å²) >= 11 is 0. The highest BCUT2D eigenvalue weighted by atomic mass is 16.3. The predicted octanol–water partition coefficient (Wildman–Crippen LogP) is 4.76. The maximum Gasteiger partial charge on any atom is 0.222 e. The molecule has 2 atom stereocenters. The van der Waals surface area contributed by atoms with Gasteiger partial charge in [-0.2, -0.15) is 0 Å². The summed E-state index contributed by atoms with van der Waals surface area (Å²) in [5.41, 5.74) is 4.11. The van der Waals surface area contributed by atoms with E-state index in [9.17, 15) is 15.0 Å². The van der Waals surface area contributed by atoms with E-state index in [-0.39, 0.29) is 12.3 Å². The third kappa shape index (κ3) is 4.63. The summed E-state index contributed by atoms with van der Waals surface area (Å²) in [4.78, 5) is 13.4. The van der Waals surface area contributed by atoms with E-state index in [2.05, 4.69) is 0 Å². The molecule has 0 radical (unpaired) electrons. The molecule has 0 saturated carbocycles. The Labute approximate surface area is 181 Å². The highest BCUT2D eigenvalue weighted by Gasteiger charge is 2.16. The molecule has 1 amide bonds. The van der Waals surface area contributed by atoms with Crippen LogP contribution in [0.5, 0.6) is 0 Å². The van der Waals surface area contributed by atoms with Gasteiger partial charge in [0.25, 0.3) is 0 Å². The molecule has 31 heavy (non-hydrogen) atoms. The Morgan fingerprint density at radius 3 is 2.03 bits per heavy atom. The van der Waals surface area contributed by atoms with Gasteiger partial charge in [-0.3, -0.25) is 4.79 Å². The summed E-state index contributed by atoms with van der Waals surface area (Å²) in [5, 5.41) is 23.1. The summed E-state index contributed by atoms with van der Waals surface area (Å²) in [6.07, 6.45) is -0.174. The fraction of sp³-hybridized carbons (Fsp3) is 0.269. The number of hydrogen-bond acceptors (Lipinski definition) is 4. The van der Waals surface area contributed by atoms with Crippen molar-refractivity contribution < 1.29 is 19.4 Å². The first kappa shape index (κ1) is 21.1. The zero-order chi connectivity index (χ0) is 22.0. The van der Waals surface area contributed by atoms with Crippen molar-refractivity contribution in [2.24, 2.45) is 0 Å². The lowest BCUT2D eigenvalue weighted by molar-refractivity contribution is -0.129. The van der Waals surface area contributed by atoms with Crippen molar-refractivity contribution in [3.8, 4) is 0 Å². The van der Waals surface area contributed by atoms with E-state index in [1.165, 1.54) is 4.90 Å². The summed E-state index contributed by atoms with van der Waals surface area (Å²) in [5.74, 6) is -0.00839. The molecule has 0 aliphatic carbocycles. The van der Waals surface area contributed by atoms with Crippen LogP contribution in [0.4, 0.5) is 0 Å². The molecular weight excluding hydrogens is 390 g/mol. The summed E-state index contributed by atoms with van der Waals surface area (Å²) < 4.78 is 5.95. The smallest absolute Gasteiger partial charge is 0.222 e. The maximum atomic E-state index is 11.8. The number of aliphatic hydroxyl groups excluding tert-OH is 2. The van der Waals surface area contributed by atoms with Gasteiger partial charge in [0, 0.05) is 37.7 Å². The minimum Gasteiger partial charge on any atom is -0.456 e. The molecule has 2 N–H and O–H groups in total. The van der Waals surface area contributed by atoms with E-state index in [4.69, 9.17) is 4.42 Å². The number of aliphatic hydroxyl groups is 2. The first-order valence-electron chi connectivity index (χ1n) is 10.5. The zero-order valence-electron chi connectivity index (χ0n) is 17.8. The molecule has 0 aliphatic rings. The van der Waals surface area contributed by atoms with E-state index in [1.807, 2.05) is 66.7 Å². The lowest BCUT2D eigenvalue weighted by Gasteiger charge is -2.14. The average molecular weight is 418 g/mol. The van der Waals surface area contributed by atoms with Crippen molar-refractivity contribution in [2.75, 3.05) is 14.1 Å². The zero-order valence-corrected chi connectivity index (χ0v) is 17.8. The Morgan fingerprint density at radius 2 is 1.45 bits per heavy atom. The Bertz CT molecular complexity index is 1200. The number of fused-ring (bicyclic) bond motifs is 3. The van der Waals surface area contributed by atoms with Crippen LogP contribution < -0.4 is 0 Å². The Hall–Kier alpha value is -3.15. The van der Waals surface area contributed by atoms with Gasteiger partial charge in [-0.05, 0) is 47.4 Å². The fourth-order valence-corrected chi connectivity index (χ4v) is 3.83. The number of benzene rings is 3. The molecule has 0 bridgehead atoms. The molecule has 4 aromatic rings. The van der Waals surface area contributed by atoms with E-state index < -0.39 is 12.2 Å². The largest absolute Gasteiger partial charge is 0.456 e. The van der Waals surface area contributed by atoms with Crippen LogP contribution in [0.2, 0.25) is 0 Å². The molecule has 2 unspecified atom stereocenters. The lowest BCUT2D eigenvalue weighted by Crippen LogP contribution is -2.21. The van der Waals surface area contributed by atoms with Crippen LogP contribution in [0.25, 0.3) is 21.9 Å². The molecular formula is C26H27NO4. The van der Waals surface area contributed by atoms with Gasteiger partial charge in [0.05, 0.1) is 12.2 Å². The number of nitrogens with zero attached hydrogens (tertiary/aromatic N) is 1. The van der Waals surface area contributed by atoms with E-state index in [0.29, 0.717) is 12.8 Å². The molecule has 0 fully saturated rings. The van der Waals surface area contributed by atoms with Crippen LogP contribution in [0.1, 0.15) is 41.7 Å². The molecule has 3 aromatic carbocycles. The van der Waals surface area contributed by atoms with Gasteiger partial charge in [0.15, 0.2) is 0 Å². The Balaban J connectivity index is 1.61. The summed E-state index contributed by atoms with van der Waals surface area (Å²) in [6.45, 7) is 0. The average Bonchev–Trinajstić information content (AvgIpc) is 3.14. The van der Waals surface area contributed by atoms with Crippen LogP contribution in [0, 0.1) is 0 Å². The highest BCUT2D eigenvalue weighted by Crippen LogP contribution is 2.33. The van der Waals surface area contributed by atoms with E-state index >= 15 is 0 Å². The second-order valence-corrected chi connectivity index (χ2v) is 8.16. The Kier molecular flexibility index (Phi) is 6.07. The van der Waals surface area contributed by atoms with Gasteiger partial charge in [-0.1, -0.05) is 42.5 Å². The first-order valence-corrected chi connectivity index (χ1v) is 10.5. The van der Waals surface area contributed by atoms with E-state index in [1.54, 1.807) is 14.1 Å². The van der Waals surface area contributed by atoms with Gasteiger partial charge in [-0.15, -0.1) is 0 Å². The summed E-state index contributed by atoms with van der Waals surface area (Å²) in [6, 6.07) is 21.2. The predicted molar refractivity (Wildman–Crippen MR) is 122 cm³/mol. The second kappa shape index (κ2) is 8.92. The maximum absolute atomic E-state index is 11.8. The molecule has 5 heteroatoms. The number of carbonyl (C=O) groups excluding carboxylic acids is 1. The minimum absolute atomic E-state index is 0.00839. The normalized spacial score (nSPS) is 13.4. The molecule has 0 saturated heterocycles. The molecule has 5 nitrogen and oxygen atoms in total. The number of furan rings is 1. The fourth-order valence-electron chi connectivity index (χ4n) is 3.83. The quantitative estimate of drug-likeness (QED) is 0.455. The monoisotopic (exact) mass is 417 g/mol. The third-order valence-electron chi connectivity index (χ3n) is 5.69. The first-order chi connectivity index (χ1) is 14.9. The van der Waals surface area contributed by atoms with Gasteiger partial charge in [-0.25, -0.2) is 0 Å². The molecule has 4 rings (SSSR count). The van der Waals surface area contributed by atoms with Crippen molar-refractivity contribution in [2.45, 2.75) is 31.5 Å².